The number of nitriles is 1. The first-order valence-corrected chi connectivity index (χ1v) is 6.43. The predicted octanol–water partition coefficient (Wildman–Crippen LogP) is 2.85. The Hall–Kier alpha value is -0.550. The number of hydrogen-bond acceptors (Lipinski definition) is 2. The van der Waals surface area contributed by atoms with Crippen molar-refractivity contribution in [2.75, 3.05) is 6.54 Å². The third-order valence-electron chi connectivity index (χ3n) is 4.38. The third kappa shape index (κ3) is 2.52. The first-order chi connectivity index (χ1) is 7.29. The molecule has 0 radical (unpaired) electrons. The molecule has 84 valence electrons. The van der Waals surface area contributed by atoms with Crippen LogP contribution in [0.15, 0.2) is 0 Å². The minimum absolute atomic E-state index is 0.270. The molecule has 2 atom stereocenters. The maximum Gasteiger partial charge on any atom is 0.0672 e. The van der Waals surface area contributed by atoms with E-state index in [1.54, 1.807) is 0 Å². The van der Waals surface area contributed by atoms with Gasteiger partial charge in [-0.25, -0.2) is 0 Å². The second-order valence-corrected chi connectivity index (χ2v) is 5.36. The molecule has 2 unspecified atom stereocenters. The van der Waals surface area contributed by atoms with Crippen molar-refractivity contribution >= 4 is 0 Å². The highest BCUT2D eigenvalue weighted by Gasteiger charge is 2.41. The molecule has 0 bridgehead atoms. The SMILES string of the molecule is CCC1(CNC2CCCCC2C#N)CC1. The lowest BCUT2D eigenvalue weighted by Gasteiger charge is -2.29. The molecular weight excluding hydrogens is 184 g/mol. The summed E-state index contributed by atoms with van der Waals surface area (Å²) in [4.78, 5) is 0. The zero-order valence-corrected chi connectivity index (χ0v) is 9.76. The molecule has 0 spiro atoms. The highest BCUT2D eigenvalue weighted by atomic mass is 14.9. The Morgan fingerprint density at radius 1 is 1.33 bits per heavy atom. The van der Waals surface area contributed by atoms with E-state index in [0.717, 1.165) is 13.0 Å². The van der Waals surface area contributed by atoms with Crippen molar-refractivity contribution in [1.82, 2.24) is 5.32 Å². The van der Waals surface area contributed by atoms with Crippen LogP contribution >= 0.6 is 0 Å². The van der Waals surface area contributed by atoms with Crippen LogP contribution < -0.4 is 5.32 Å². The van der Waals surface area contributed by atoms with Gasteiger partial charge in [0.25, 0.3) is 0 Å². The number of rotatable bonds is 4. The summed E-state index contributed by atoms with van der Waals surface area (Å²) in [5, 5.41) is 12.7. The first-order valence-electron chi connectivity index (χ1n) is 6.43. The van der Waals surface area contributed by atoms with Crippen molar-refractivity contribution in [3.05, 3.63) is 0 Å². The Bertz CT molecular complexity index is 250. The molecule has 0 aromatic heterocycles. The molecular formula is C13H22N2. The van der Waals surface area contributed by atoms with Crippen LogP contribution in [0.2, 0.25) is 0 Å². The number of nitrogens with one attached hydrogen (secondary N) is 1. The number of nitrogens with zero attached hydrogens (tertiary/aromatic N) is 1. The van der Waals surface area contributed by atoms with Crippen LogP contribution in [0.3, 0.4) is 0 Å². The Morgan fingerprint density at radius 3 is 2.67 bits per heavy atom. The fourth-order valence-electron chi connectivity index (χ4n) is 2.71. The van der Waals surface area contributed by atoms with Crippen molar-refractivity contribution in [3.63, 3.8) is 0 Å². The summed E-state index contributed by atoms with van der Waals surface area (Å²) in [6.07, 6.45) is 8.93. The summed E-state index contributed by atoms with van der Waals surface area (Å²) in [6.45, 7) is 3.43. The van der Waals surface area contributed by atoms with E-state index < -0.39 is 0 Å². The van der Waals surface area contributed by atoms with Gasteiger partial charge in [0.05, 0.1) is 12.0 Å². The van der Waals surface area contributed by atoms with Crippen LogP contribution in [0.1, 0.15) is 51.9 Å². The molecule has 1 N–H and O–H groups in total. The van der Waals surface area contributed by atoms with Crippen LogP contribution in [-0.2, 0) is 0 Å². The summed E-state index contributed by atoms with van der Waals surface area (Å²) < 4.78 is 0. The van der Waals surface area contributed by atoms with E-state index >= 15 is 0 Å². The van der Waals surface area contributed by atoms with Gasteiger partial charge in [0, 0.05) is 12.6 Å². The lowest BCUT2D eigenvalue weighted by Crippen LogP contribution is -2.40. The molecule has 2 rings (SSSR count). The van der Waals surface area contributed by atoms with E-state index in [1.807, 2.05) is 0 Å². The highest BCUT2D eigenvalue weighted by molar-refractivity contribution is 4.98. The maximum atomic E-state index is 9.07. The molecule has 2 heteroatoms. The van der Waals surface area contributed by atoms with E-state index in [1.165, 1.54) is 38.5 Å². The Labute approximate surface area is 93.0 Å². The van der Waals surface area contributed by atoms with Crippen molar-refractivity contribution in [2.24, 2.45) is 11.3 Å². The lowest BCUT2D eigenvalue weighted by molar-refractivity contribution is 0.288. The second-order valence-electron chi connectivity index (χ2n) is 5.36. The largest absolute Gasteiger partial charge is 0.312 e. The fraction of sp³-hybridized carbons (Fsp3) is 0.923. The molecule has 2 aliphatic rings. The topological polar surface area (TPSA) is 35.8 Å². The van der Waals surface area contributed by atoms with E-state index in [4.69, 9.17) is 5.26 Å². The van der Waals surface area contributed by atoms with Gasteiger partial charge in [0.2, 0.25) is 0 Å². The van der Waals surface area contributed by atoms with Gasteiger partial charge in [-0.3, -0.25) is 0 Å². The van der Waals surface area contributed by atoms with Crippen LogP contribution in [0.5, 0.6) is 0 Å². The number of hydrogen-bond donors (Lipinski definition) is 1. The van der Waals surface area contributed by atoms with Crippen molar-refractivity contribution < 1.29 is 0 Å². The quantitative estimate of drug-likeness (QED) is 0.767. The van der Waals surface area contributed by atoms with Gasteiger partial charge in [-0.05, 0) is 37.5 Å². The normalized spacial score (nSPS) is 33.3. The Morgan fingerprint density at radius 2 is 2.07 bits per heavy atom. The van der Waals surface area contributed by atoms with Crippen LogP contribution in [0.4, 0.5) is 0 Å². The summed E-state index contributed by atoms with van der Waals surface area (Å²) in [5.41, 5.74) is 0.609. The average Bonchev–Trinajstić information content (AvgIpc) is 3.07. The fourth-order valence-corrected chi connectivity index (χ4v) is 2.71. The molecule has 2 aliphatic carbocycles. The lowest BCUT2D eigenvalue weighted by atomic mass is 9.85. The maximum absolute atomic E-state index is 9.07. The summed E-state index contributed by atoms with van der Waals surface area (Å²) in [5.74, 6) is 0.270. The first kappa shape index (κ1) is 11.0. The molecule has 0 aromatic carbocycles. The molecule has 0 aliphatic heterocycles. The smallest absolute Gasteiger partial charge is 0.0672 e. The van der Waals surface area contributed by atoms with Gasteiger partial charge >= 0.3 is 0 Å². The summed E-state index contributed by atoms with van der Waals surface area (Å²) >= 11 is 0. The summed E-state index contributed by atoms with van der Waals surface area (Å²) in [6, 6.07) is 2.95. The standard InChI is InChI=1S/C13H22N2/c1-2-13(7-8-13)10-15-12-6-4-3-5-11(12)9-14/h11-12,15H,2-8,10H2,1H3. The molecule has 0 aromatic rings. The molecule has 2 nitrogen and oxygen atoms in total. The van der Waals surface area contributed by atoms with Gasteiger partial charge in [0.15, 0.2) is 0 Å². The van der Waals surface area contributed by atoms with Gasteiger partial charge in [-0.1, -0.05) is 19.8 Å². The molecule has 0 saturated heterocycles. The van der Waals surface area contributed by atoms with Gasteiger partial charge in [-0.15, -0.1) is 0 Å². The zero-order chi connectivity index (χ0) is 10.7. The van der Waals surface area contributed by atoms with Gasteiger partial charge in [0.1, 0.15) is 0 Å². The van der Waals surface area contributed by atoms with Crippen molar-refractivity contribution in [1.29, 1.82) is 5.26 Å². The predicted molar refractivity (Wildman–Crippen MR) is 61.3 cm³/mol. The third-order valence-corrected chi connectivity index (χ3v) is 4.38. The molecule has 0 heterocycles. The van der Waals surface area contributed by atoms with Gasteiger partial charge < -0.3 is 5.32 Å². The van der Waals surface area contributed by atoms with E-state index in [-0.39, 0.29) is 5.92 Å². The van der Waals surface area contributed by atoms with E-state index in [9.17, 15) is 0 Å². The van der Waals surface area contributed by atoms with Crippen LogP contribution in [-0.4, -0.2) is 12.6 Å². The monoisotopic (exact) mass is 206 g/mol. The molecule has 15 heavy (non-hydrogen) atoms. The minimum Gasteiger partial charge on any atom is -0.312 e. The average molecular weight is 206 g/mol. The van der Waals surface area contributed by atoms with Crippen LogP contribution in [0, 0.1) is 22.7 Å². The van der Waals surface area contributed by atoms with E-state index in [0.29, 0.717) is 11.5 Å². The summed E-state index contributed by atoms with van der Waals surface area (Å²) in [7, 11) is 0. The molecule has 2 fully saturated rings. The minimum atomic E-state index is 0.270. The molecule has 2 saturated carbocycles. The molecule has 0 amide bonds. The highest BCUT2D eigenvalue weighted by Crippen LogP contribution is 2.48. The van der Waals surface area contributed by atoms with E-state index in [2.05, 4.69) is 18.3 Å². The van der Waals surface area contributed by atoms with Crippen molar-refractivity contribution in [3.8, 4) is 6.07 Å². The Balaban J connectivity index is 1.80. The Kier molecular flexibility index (Phi) is 3.31. The van der Waals surface area contributed by atoms with Crippen molar-refractivity contribution in [2.45, 2.75) is 57.9 Å². The second kappa shape index (κ2) is 4.53. The zero-order valence-electron chi connectivity index (χ0n) is 9.76. The van der Waals surface area contributed by atoms with Gasteiger partial charge in [-0.2, -0.15) is 5.26 Å². The van der Waals surface area contributed by atoms with Crippen LogP contribution in [0.25, 0.3) is 0 Å².